The first-order valence-corrected chi connectivity index (χ1v) is 8.76. The van der Waals surface area contributed by atoms with E-state index in [0.29, 0.717) is 16.2 Å². The Kier molecular flexibility index (Phi) is 5.56. The topological polar surface area (TPSA) is 67.8 Å². The van der Waals surface area contributed by atoms with Gasteiger partial charge in [0.2, 0.25) is 0 Å². The fourth-order valence-electron chi connectivity index (χ4n) is 2.23. The zero-order valence-corrected chi connectivity index (χ0v) is 14.8. The monoisotopic (exact) mass is 364 g/mol. The van der Waals surface area contributed by atoms with Crippen molar-refractivity contribution in [3.8, 4) is 5.75 Å². The lowest BCUT2D eigenvalue weighted by Crippen LogP contribution is -2.18. The number of hydrogen-bond donors (Lipinski definition) is 1. The van der Waals surface area contributed by atoms with Crippen LogP contribution in [0.25, 0.3) is 0 Å². The highest BCUT2D eigenvalue weighted by Gasteiger charge is 2.09. The van der Waals surface area contributed by atoms with Crippen molar-refractivity contribution in [3.63, 3.8) is 0 Å². The van der Waals surface area contributed by atoms with Crippen LogP contribution in [-0.4, -0.2) is 18.1 Å². The molecule has 0 saturated heterocycles. The van der Waals surface area contributed by atoms with Gasteiger partial charge in [0, 0.05) is 5.56 Å². The van der Waals surface area contributed by atoms with Crippen LogP contribution in [0.5, 0.6) is 5.75 Å². The first-order valence-electron chi connectivity index (χ1n) is 7.88. The van der Waals surface area contributed by atoms with Gasteiger partial charge in [0.25, 0.3) is 5.91 Å². The molecule has 0 spiro atoms. The second-order valence-electron chi connectivity index (χ2n) is 5.45. The quantitative estimate of drug-likeness (QED) is 0.322. The Labute approximate surface area is 154 Å². The number of carbonyl (C=O) groups is 2. The number of hydrazone groups is 1. The molecule has 0 bridgehead atoms. The summed E-state index contributed by atoms with van der Waals surface area (Å²) in [5, 5.41) is 5.78. The second-order valence-corrected chi connectivity index (χ2v) is 6.40. The fourth-order valence-corrected chi connectivity index (χ4v) is 2.83. The highest BCUT2D eigenvalue weighted by molar-refractivity contribution is 7.12. The van der Waals surface area contributed by atoms with Crippen molar-refractivity contribution in [2.75, 3.05) is 0 Å². The van der Waals surface area contributed by atoms with Crippen LogP contribution in [-0.2, 0) is 0 Å². The maximum Gasteiger partial charge on any atom is 0.353 e. The summed E-state index contributed by atoms with van der Waals surface area (Å²) in [6.45, 7) is 1.87. The molecule has 6 heteroatoms. The Morgan fingerprint density at radius 2 is 1.81 bits per heavy atom. The van der Waals surface area contributed by atoms with Crippen LogP contribution in [0, 0.1) is 6.92 Å². The van der Waals surface area contributed by atoms with E-state index in [-0.39, 0.29) is 11.9 Å². The van der Waals surface area contributed by atoms with Gasteiger partial charge < -0.3 is 4.74 Å². The number of hydrogen-bond acceptors (Lipinski definition) is 5. The average molecular weight is 364 g/mol. The number of nitrogens with one attached hydrogen (secondary N) is 1. The van der Waals surface area contributed by atoms with Gasteiger partial charge >= 0.3 is 5.97 Å². The molecule has 0 radical (unpaired) electrons. The molecule has 0 atom stereocenters. The van der Waals surface area contributed by atoms with Crippen molar-refractivity contribution in [2.45, 2.75) is 6.92 Å². The molecule has 0 fully saturated rings. The van der Waals surface area contributed by atoms with Gasteiger partial charge in [-0.1, -0.05) is 24.3 Å². The van der Waals surface area contributed by atoms with Crippen LogP contribution in [0.3, 0.4) is 0 Å². The van der Waals surface area contributed by atoms with E-state index in [1.54, 1.807) is 42.5 Å². The normalized spacial score (nSPS) is 10.7. The van der Waals surface area contributed by atoms with Gasteiger partial charge in [-0.2, -0.15) is 5.10 Å². The molecule has 26 heavy (non-hydrogen) atoms. The maximum absolute atomic E-state index is 12.1. The summed E-state index contributed by atoms with van der Waals surface area (Å²) < 4.78 is 5.28. The lowest BCUT2D eigenvalue weighted by atomic mass is 10.1. The fraction of sp³-hybridized carbons (Fsp3) is 0.0500. The highest BCUT2D eigenvalue weighted by Crippen LogP contribution is 2.16. The largest absolute Gasteiger partial charge is 0.422 e. The molecule has 5 nitrogen and oxygen atoms in total. The first-order chi connectivity index (χ1) is 12.6. The van der Waals surface area contributed by atoms with Crippen molar-refractivity contribution in [1.29, 1.82) is 0 Å². The Balaban J connectivity index is 1.57. The van der Waals surface area contributed by atoms with E-state index in [1.165, 1.54) is 17.6 Å². The predicted octanol–water partition coefficient (Wildman–Crippen LogP) is 4.04. The SMILES string of the molecule is Cc1ccccc1C(=O)N/N=C\c1ccc(OC(=O)c2cccs2)cc1. The summed E-state index contributed by atoms with van der Waals surface area (Å²) in [6.07, 6.45) is 1.53. The molecule has 0 saturated carbocycles. The molecule has 0 unspecified atom stereocenters. The van der Waals surface area contributed by atoms with Gasteiger partial charge in [-0.15, -0.1) is 11.3 Å². The van der Waals surface area contributed by atoms with Crippen LogP contribution in [0.15, 0.2) is 71.1 Å². The Morgan fingerprint density at radius 1 is 1.04 bits per heavy atom. The van der Waals surface area contributed by atoms with Gasteiger partial charge in [0.15, 0.2) is 0 Å². The number of aryl methyl sites for hydroxylation is 1. The highest BCUT2D eigenvalue weighted by atomic mass is 32.1. The Morgan fingerprint density at radius 3 is 2.50 bits per heavy atom. The predicted molar refractivity (Wildman–Crippen MR) is 102 cm³/mol. The van der Waals surface area contributed by atoms with Crippen molar-refractivity contribution in [2.24, 2.45) is 5.10 Å². The molecular weight excluding hydrogens is 348 g/mol. The minimum atomic E-state index is -0.382. The molecule has 3 aromatic rings. The number of amides is 1. The third-order valence-corrected chi connectivity index (χ3v) is 4.43. The van der Waals surface area contributed by atoms with E-state index >= 15 is 0 Å². The molecule has 1 heterocycles. The molecule has 3 rings (SSSR count). The van der Waals surface area contributed by atoms with Gasteiger partial charge in [0.05, 0.1) is 6.21 Å². The van der Waals surface area contributed by atoms with E-state index in [2.05, 4.69) is 10.5 Å². The number of thiophene rings is 1. The van der Waals surface area contributed by atoms with E-state index in [9.17, 15) is 9.59 Å². The summed E-state index contributed by atoms with van der Waals surface area (Å²) in [7, 11) is 0. The second kappa shape index (κ2) is 8.22. The number of nitrogens with zero attached hydrogens (tertiary/aromatic N) is 1. The van der Waals surface area contributed by atoms with Crippen LogP contribution in [0.1, 0.15) is 31.2 Å². The molecule has 130 valence electrons. The molecule has 0 aliphatic carbocycles. The van der Waals surface area contributed by atoms with Crippen molar-refractivity contribution < 1.29 is 14.3 Å². The minimum absolute atomic E-state index is 0.263. The van der Waals surface area contributed by atoms with E-state index < -0.39 is 0 Å². The number of carbonyl (C=O) groups excluding carboxylic acids is 2. The van der Waals surface area contributed by atoms with Gasteiger partial charge in [-0.3, -0.25) is 4.79 Å². The van der Waals surface area contributed by atoms with Gasteiger partial charge in [0.1, 0.15) is 10.6 Å². The number of rotatable bonds is 5. The Bertz CT molecular complexity index is 932. The number of esters is 1. The summed E-state index contributed by atoms with van der Waals surface area (Å²) in [6, 6.07) is 17.7. The van der Waals surface area contributed by atoms with Crippen LogP contribution in [0.2, 0.25) is 0 Å². The standard InChI is InChI=1S/C20H16N2O3S/c1-14-5-2-3-6-17(14)19(23)22-21-13-15-8-10-16(11-9-15)25-20(24)18-7-4-12-26-18/h2-13H,1H3,(H,22,23)/b21-13-. The lowest BCUT2D eigenvalue weighted by molar-refractivity contribution is 0.0739. The van der Waals surface area contributed by atoms with Gasteiger partial charge in [-0.25, -0.2) is 10.2 Å². The maximum atomic E-state index is 12.1. The summed E-state index contributed by atoms with van der Waals surface area (Å²) in [4.78, 5) is 24.5. The summed E-state index contributed by atoms with van der Waals surface area (Å²) in [5.74, 6) is -0.197. The average Bonchev–Trinajstić information content (AvgIpc) is 3.18. The Hall–Kier alpha value is -3.25. The molecule has 1 aromatic heterocycles. The zero-order chi connectivity index (χ0) is 18.4. The minimum Gasteiger partial charge on any atom is -0.422 e. The van der Waals surface area contributed by atoms with Gasteiger partial charge in [-0.05, 0) is 59.8 Å². The molecule has 1 amide bonds. The molecule has 2 aromatic carbocycles. The van der Waals surface area contributed by atoms with E-state index in [4.69, 9.17) is 4.74 Å². The van der Waals surface area contributed by atoms with Crippen molar-refractivity contribution in [1.82, 2.24) is 5.43 Å². The van der Waals surface area contributed by atoms with Crippen LogP contribution >= 0.6 is 11.3 Å². The lowest BCUT2D eigenvalue weighted by Gasteiger charge is -2.04. The molecule has 0 aliphatic rings. The third-order valence-electron chi connectivity index (χ3n) is 3.58. The van der Waals surface area contributed by atoms with Crippen molar-refractivity contribution >= 4 is 29.4 Å². The number of benzene rings is 2. The van der Waals surface area contributed by atoms with E-state index in [1.807, 2.05) is 30.5 Å². The summed E-state index contributed by atoms with van der Waals surface area (Å²) in [5.41, 5.74) is 4.74. The molecule has 0 aliphatic heterocycles. The first kappa shape index (κ1) is 17.6. The zero-order valence-electron chi connectivity index (χ0n) is 14.0. The molecular formula is C20H16N2O3S. The third kappa shape index (κ3) is 4.43. The van der Waals surface area contributed by atoms with Crippen LogP contribution < -0.4 is 10.2 Å². The van der Waals surface area contributed by atoms with Crippen molar-refractivity contribution in [3.05, 3.63) is 87.6 Å². The van der Waals surface area contributed by atoms with E-state index in [0.717, 1.165) is 11.1 Å². The van der Waals surface area contributed by atoms with Crippen LogP contribution in [0.4, 0.5) is 0 Å². The number of ether oxygens (including phenoxy) is 1. The molecule has 1 N–H and O–H groups in total. The summed E-state index contributed by atoms with van der Waals surface area (Å²) >= 11 is 1.33. The smallest absolute Gasteiger partial charge is 0.353 e.